The van der Waals surface area contributed by atoms with Gasteiger partial charge in [-0.1, -0.05) is 74.5 Å². The molecule has 0 aliphatic rings. The second-order valence-corrected chi connectivity index (χ2v) is 12.3. The summed E-state index contributed by atoms with van der Waals surface area (Å²) < 4.78 is 11.3. The number of carbonyl (C=O) groups is 3. The second-order valence-electron chi connectivity index (χ2n) is 12.3. The molecule has 9 heteroatoms. The molecular weight excluding hydrogens is 546 g/mol. The van der Waals surface area contributed by atoms with Gasteiger partial charge in [0.1, 0.15) is 11.6 Å². The summed E-state index contributed by atoms with van der Waals surface area (Å²) in [6.07, 6.45) is 1.05. The van der Waals surface area contributed by atoms with Crippen molar-refractivity contribution in [2.45, 2.75) is 71.9 Å². The first-order valence-corrected chi connectivity index (χ1v) is 14.6. The monoisotopic (exact) mass is 589 g/mol. The molecule has 0 bridgehead atoms. The van der Waals surface area contributed by atoms with Gasteiger partial charge in [0.05, 0.1) is 18.7 Å². The molecule has 1 heterocycles. The standard InChI is InChI=1S/C34H43N3O6/c1-33(2,3)43-32(41)37-28(22-30(38)39)31(40)35-23-34(4,5)18-12-13-19-42-29-21-26(24-14-8-6-9-15-24)20-27(36-29)25-16-10-7-11-17-25/h6-11,14-17,20-21,28H,12-13,18-19,22-23H2,1-5H3,(H,35,40)(H,37,41)(H,38,39). The van der Waals surface area contributed by atoms with Gasteiger partial charge in [-0.25, -0.2) is 9.78 Å². The fourth-order valence-corrected chi connectivity index (χ4v) is 4.39. The van der Waals surface area contributed by atoms with Crippen molar-refractivity contribution in [1.29, 1.82) is 0 Å². The molecule has 0 fully saturated rings. The number of carboxylic acids is 1. The van der Waals surface area contributed by atoms with E-state index in [1.165, 1.54) is 0 Å². The number of alkyl carbamates (subject to hydrolysis) is 1. The highest BCUT2D eigenvalue weighted by Gasteiger charge is 2.28. The number of aliphatic carboxylic acids is 1. The Morgan fingerprint density at radius 2 is 1.49 bits per heavy atom. The quantitative estimate of drug-likeness (QED) is 0.184. The van der Waals surface area contributed by atoms with Gasteiger partial charge >= 0.3 is 12.1 Å². The van der Waals surface area contributed by atoms with Crippen molar-refractivity contribution in [3.63, 3.8) is 0 Å². The first kappa shape index (κ1) is 33.1. The fraction of sp³-hybridized carbons (Fsp3) is 0.412. The molecule has 0 saturated heterocycles. The van der Waals surface area contributed by atoms with Crippen LogP contribution in [0, 0.1) is 5.41 Å². The van der Waals surface area contributed by atoms with Crippen LogP contribution in [0.2, 0.25) is 0 Å². The summed E-state index contributed by atoms with van der Waals surface area (Å²) in [5.74, 6) is -1.20. The molecular formula is C34H43N3O6. The second kappa shape index (κ2) is 15.2. The van der Waals surface area contributed by atoms with Crippen LogP contribution in [0.4, 0.5) is 4.79 Å². The van der Waals surface area contributed by atoms with Crippen LogP contribution in [0.25, 0.3) is 22.4 Å². The molecule has 1 atom stereocenters. The lowest BCUT2D eigenvalue weighted by Gasteiger charge is -2.27. The van der Waals surface area contributed by atoms with Crippen LogP contribution in [0.3, 0.4) is 0 Å². The summed E-state index contributed by atoms with van der Waals surface area (Å²) in [4.78, 5) is 40.9. The number of hydrogen-bond donors (Lipinski definition) is 3. The van der Waals surface area contributed by atoms with Crippen LogP contribution in [0.15, 0.2) is 72.8 Å². The summed E-state index contributed by atoms with van der Waals surface area (Å²) >= 11 is 0. The Morgan fingerprint density at radius 3 is 2.09 bits per heavy atom. The Kier molecular flexibility index (Phi) is 11.7. The van der Waals surface area contributed by atoms with Crippen LogP contribution in [0.1, 0.15) is 60.3 Å². The summed E-state index contributed by atoms with van der Waals surface area (Å²) in [6, 6.07) is 22.9. The molecule has 0 aliphatic carbocycles. The molecule has 3 N–H and O–H groups in total. The Hall–Kier alpha value is -4.40. The highest BCUT2D eigenvalue weighted by molar-refractivity contribution is 5.89. The minimum Gasteiger partial charge on any atom is -0.481 e. The van der Waals surface area contributed by atoms with Crippen LogP contribution in [0.5, 0.6) is 5.88 Å². The van der Waals surface area contributed by atoms with Crippen molar-refractivity contribution >= 4 is 18.0 Å². The van der Waals surface area contributed by atoms with E-state index in [1.54, 1.807) is 20.8 Å². The average Bonchev–Trinajstić information content (AvgIpc) is 2.95. The third-order valence-electron chi connectivity index (χ3n) is 6.60. The van der Waals surface area contributed by atoms with E-state index in [4.69, 9.17) is 14.5 Å². The van der Waals surface area contributed by atoms with Crippen molar-refractivity contribution < 1.29 is 29.0 Å². The molecule has 0 saturated carbocycles. The summed E-state index contributed by atoms with van der Waals surface area (Å²) in [7, 11) is 0. The number of carboxylic acid groups (broad SMARTS) is 1. The molecule has 9 nitrogen and oxygen atoms in total. The van der Waals surface area contributed by atoms with E-state index in [-0.39, 0.29) is 5.41 Å². The lowest BCUT2D eigenvalue weighted by molar-refractivity contribution is -0.139. The number of carbonyl (C=O) groups excluding carboxylic acids is 2. The van der Waals surface area contributed by atoms with Crippen molar-refractivity contribution in [3.05, 3.63) is 72.8 Å². The summed E-state index contributed by atoms with van der Waals surface area (Å²) in [5, 5.41) is 14.4. The SMILES string of the molecule is CC(C)(CCCCOc1cc(-c2ccccc2)cc(-c2ccccc2)n1)CNC(=O)C(CC(=O)O)NC(=O)OC(C)(C)C. The highest BCUT2D eigenvalue weighted by Crippen LogP contribution is 2.29. The Balaban J connectivity index is 1.52. The maximum atomic E-state index is 12.7. The number of rotatable bonds is 14. The molecule has 0 spiro atoms. The number of pyridine rings is 1. The molecule has 0 radical (unpaired) electrons. The highest BCUT2D eigenvalue weighted by atomic mass is 16.6. The van der Waals surface area contributed by atoms with Crippen molar-refractivity contribution in [3.8, 4) is 28.3 Å². The third-order valence-corrected chi connectivity index (χ3v) is 6.60. The van der Waals surface area contributed by atoms with Gasteiger partial charge in [-0.05, 0) is 62.6 Å². The van der Waals surface area contributed by atoms with E-state index in [1.807, 2.05) is 68.4 Å². The number of hydrogen-bond acceptors (Lipinski definition) is 6. The molecule has 3 rings (SSSR count). The number of nitrogens with one attached hydrogen (secondary N) is 2. The molecule has 2 amide bonds. The minimum absolute atomic E-state index is 0.263. The van der Waals surface area contributed by atoms with Gasteiger partial charge in [0, 0.05) is 18.2 Å². The maximum Gasteiger partial charge on any atom is 0.408 e. The Bertz CT molecular complexity index is 1300. The van der Waals surface area contributed by atoms with Gasteiger partial charge in [0.2, 0.25) is 11.8 Å². The fourth-order valence-electron chi connectivity index (χ4n) is 4.39. The van der Waals surface area contributed by atoms with Crippen LogP contribution < -0.4 is 15.4 Å². The van der Waals surface area contributed by atoms with Crippen molar-refractivity contribution in [1.82, 2.24) is 15.6 Å². The first-order chi connectivity index (χ1) is 20.3. The number of benzene rings is 2. The van der Waals surface area contributed by atoms with Crippen molar-refractivity contribution in [2.75, 3.05) is 13.2 Å². The van der Waals surface area contributed by atoms with Gasteiger partial charge < -0.3 is 25.2 Å². The largest absolute Gasteiger partial charge is 0.481 e. The van der Waals surface area contributed by atoms with Crippen LogP contribution >= 0.6 is 0 Å². The van der Waals surface area contributed by atoms with E-state index in [0.29, 0.717) is 19.0 Å². The first-order valence-electron chi connectivity index (χ1n) is 14.6. The van der Waals surface area contributed by atoms with Gasteiger partial charge in [0.25, 0.3) is 0 Å². The molecule has 1 unspecified atom stereocenters. The van der Waals surface area contributed by atoms with Crippen molar-refractivity contribution in [2.24, 2.45) is 5.41 Å². The lowest BCUT2D eigenvalue weighted by atomic mass is 9.87. The number of amides is 2. The zero-order chi connectivity index (χ0) is 31.5. The molecule has 0 aliphatic heterocycles. The topological polar surface area (TPSA) is 127 Å². The van der Waals surface area contributed by atoms with Gasteiger partial charge in [0.15, 0.2) is 0 Å². The van der Waals surface area contributed by atoms with E-state index in [0.717, 1.165) is 41.6 Å². The Labute approximate surface area is 254 Å². The van der Waals surface area contributed by atoms with Gasteiger partial charge in [-0.15, -0.1) is 0 Å². The number of aromatic nitrogens is 1. The van der Waals surface area contributed by atoms with E-state index < -0.39 is 36.0 Å². The molecule has 3 aromatic rings. The number of nitrogens with zero attached hydrogens (tertiary/aromatic N) is 1. The van der Waals surface area contributed by atoms with E-state index in [9.17, 15) is 19.5 Å². The normalized spacial score (nSPS) is 12.2. The Morgan fingerprint density at radius 1 is 0.860 bits per heavy atom. The third kappa shape index (κ3) is 11.8. The molecule has 1 aromatic heterocycles. The summed E-state index contributed by atoms with van der Waals surface area (Å²) in [5.41, 5.74) is 2.94. The smallest absolute Gasteiger partial charge is 0.408 e. The van der Waals surface area contributed by atoms with E-state index >= 15 is 0 Å². The van der Waals surface area contributed by atoms with Crippen LogP contribution in [-0.4, -0.2) is 52.9 Å². The lowest BCUT2D eigenvalue weighted by Crippen LogP contribution is -2.50. The predicted molar refractivity (Wildman–Crippen MR) is 167 cm³/mol. The number of unbranched alkanes of at least 4 members (excludes halogenated alkanes) is 1. The maximum absolute atomic E-state index is 12.7. The molecule has 2 aromatic carbocycles. The predicted octanol–water partition coefficient (Wildman–Crippen LogP) is 6.48. The number of ether oxygens (including phenoxy) is 2. The van der Waals surface area contributed by atoms with Gasteiger partial charge in [-0.3, -0.25) is 9.59 Å². The zero-order valence-electron chi connectivity index (χ0n) is 25.7. The molecule has 230 valence electrons. The molecule has 43 heavy (non-hydrogen) atoms. The van der Waals surface area contributed by atoms with Crippen LogP contribution in [-0.2, 0) is 14.3 Å². The minimum atomic E-state index is -1.24. The summed E-state index contributed by atoms with van der Waals surface area (Å²) in [6.45, 7) is 9.92. The van der Waals surface area contributed by atoms with E-state index in [2.05, 4.69) is 28.8 Å². The van der Waals surface area contributed by atoms with Gasteiger partial charge in [-0.2, -0.15) is 0 Å². The zero-order valence-corrected chi connectivity index (χ0v) is 25.7. The average molecular weight is 590 g/mol.